The molecule has 0 radical (unpaired) electrons. The molecule has 77 heavy (non-hydrogen) atoms. The van der Waals surface area contributed by atoms with Gasteiger partial charge in [0.2, 0.25) is 0 Å². The van der Waals surface area contributed by atoms with Gasteiger partial charge in [-0.1, -0.05) is 192 Å². The van der Waals surface area contributed by atoms with E-state index < -0.39 is 67.3 Å². The SMILES string of the molecule is CC/C=C\C/C=C\C/C=C\C/C=C\C/C=C\CC(=O)OC(COC(=O)CCCCCC/C=C\C/C=C\C/C=C\C/C=C\CC)COC1OC(C(=O)O)C(O)C(O)C1OC(=O)CCCC/C=C\C/C=C\C/C=C\C/C=C\CC. The molecular weight excluding hydrogens is 973 g/mol. The average molecular weight is 1070 g/mol. The van der Waals surface area contributed by atoms with Gasteiger partial charge in [0.25, 0.3) is 0 Å². The van der Waals surface area contributed by atoms with Crippen LogP contribution in [-0.4, -0.2) is 89.2 Å². The molecule has 1 heterocycles. The highest BCUT2D eigenvalue weighted by molar-refractivity contribution is 5.74. The van der Waals surface area contributed by atoms with Crippen LogP contribution in [0.25, 0.3) is 0 Å². The van der Waals surface area contributed by atoms with Crippen LogP contribution in [0.15, 0.2) is 158 Å². The number of aliphatic hydroxyl groups is 2. The highest BCUT2D eigenvalue weighted by Gasteiger charge is 2.50. The van der Waals surface area contributed by atoms with Crippen molar-refractivity contribution in [3.05, 3.63) is 158 Å². The third kappa shape index (κ3) is 41.2. The van der Waals surface area contributed by atoms with Crippen molar-refractivity contribution in [3.8, 4) is 0 Å². The van der Waals surface area contributed by atoms with Crippen LogP contribution in [0.5, 0.6) is 0 Å². The highest BCUT2D eigenvalue weighted by Crippen LogP contribution is 2.26. The molecule has 1 aliphatic heterocycles. The topological polar surface area (TPSA) is 175 Å². The third-order valence-corrected chi connectivity index (χ3v) is 11.6. The highest BCUT2D eigenvalue weighted by atomic mass is 16.7. The number of aliphatic carboxylic acids is 1. The Balaban J connectivity index is 2.81. The number of ether oxygens (including phenoxy) is 5. The lowest BCUT2D eigenvalue weighted by molar-refractivity contribution is -0.301. The fourth-order valence-corrected chi connectivity index (χ4v) is 7.36. The summed E-state index contributed by atoms with van der Waals surface area (Å²) in [7, 11) is 0. The summed E-state index contributed by atoms with van der Waals surface area (Å²) < 4.78 is 28.2. The minimum Gasteiger partial charge on any atom is -0.479 e. The lowest BCUT2D eigenvalue weighted by atomic mass is 9.98. The van der Waals surface area contributed by atoms with Crippen LogP contribution < -0.4 is 0 Å². The summed E-state index contributed by atoms with van der Waals surface area (Å²) in [5, 5.41) is 31.4. The van der Waals surface area contributed by atoms with Crippen molar-refractivity contribution in [1.82, 2.24) is 0 Å². The Hall–Kier alpha value is -5.66. The molecule has 12 heteroatoms. The number of rotatable bonds is 45. The molecule has 0 aliphatic carbocycles. The Labute approximate surface area is 463 Å². The van der Waals surface area contributed by atoms with Crippen LogP contribution in [0.1, 0.15) is 175 Å². The van der Waals surface area contributed by atoms with Gasteiger partial charge in [-0.05, 0) is 122 Å². The molecule has 1 rings (SSSR count). The molecule has 1 saturated heterocycles. The van der Waals surface area contributed by atoms with Crippen LogP contribution >= 0.6 is 0 Å². The summed E-state index contributed by atoms with van der Waals surface area (Å²) in [6.45, 7) is 5.49. The van der Waals surface area contributed by atoms with E-state index in [2.05, 4.69) is 148 Å². The summed E-state index contributed by atoms with van der Waals surface area (Å²) in [6.07, 6.45) is 62.5. The van der Waals surface area contributed by atoms with E-state index in [1.165, 1.54) is 0 Å². The van der Waals surface area contributed by atoms with Gasteiger partial charge in [-0.3, -0.25) is 14.4 Å². The fourth-order valence-electron chi connectivity index (χ4n) is 7.36. The number of carboxylic acids is 1. The molecule has 428 valence electrons. The first kappa shape index (κ1) is 69.4. The van der Waals surface area contributed by atoms with Crippen LogP contribution in [0, 0.1) is 0 Å². The molecule has 0 saturated carbocycles. The predicted octanol–water partition coefficient (Wildman–Crippen LogP) is 14.6. The van der Waals surface area contributed by atoms with Crippen LogP contribution in [0.3, 0.4) is 0 Å². The Kier molecular flexibility index (Phi) is 46.0. The van der Waals surface area contributed by atoms with Crippen LogP contribution in [0.4, 0.5) is 0 Å². The quantitative estimate of drug-likeness (QED) is 0.0228. The zero-order valence-corrected chi connectivity index (χ0v) is 46.9. The van der Waals surface area contributed by atoms with Crippen molar-refractivity contribution in [1.29, 1.82) is 0 Å². The molecule has 6 atom stereocenters. The van der Waals surface area contributed by atoms with E-state index in [0.717, 1.165) is 109 Å². The van der Waals surface area contributed by atoms with E-state index >= 15 is 0 Å². The van der Waals surface area contributed by atoms with Gasteiger partial charge >= 0.3 is 23.9 Å². The zero-order valence-electron chi connectivity index (χ0n) is 46.9. The maximum absolute atomic E-state index is 13.1. The summed E-state index contributed by atoms with van der Waals surface area (Å²) >= 11 is 0. The fraction of sp³-hybridized carbons (Fsp3) is 0.538. The lowest BCUT2D eigenvalue weighted by Crippen LogP contribution is -2.61. The van der Waals surface area contributed by atoms with Gasteiger partial charge in [-0.25, -0.2) is 4.79 Å². The van der Waals surface area contributed by atoms with Crippen LogP contribution in [0.2, 0.25) is 0 Å². The maximum Gasteiger partial charge on any atom is 0.335 e. The summed E-state index contributed by atoms with van der Waals surface area (Å²) in [6, 6.07) is 0. The smallest absolute Gasteiger partial charge is 0.335 e. The Morgan fingerprint density at radius 3 is 1.26 bits per heavy atom. The number of aliphatic hydroxyl groups excluding tert-OH is 2. The molecule has 0 aromatic carbocycles. The molecular formula is C65H96O12. The summed E-state index contributed by atoms with van der Waals surface area (Å²) in [4.78, 5) is 51.0. The van der Waals surface area contributed by atoms with Gasteiger partial charge in [-0.2, -0.15) is 0 Å². The first-order valence-corrected chi connectivity index (χ1v) is 28.5. The molecule has 3 N–H and O–H groups in total. The van der Waals surface area contributed by atoms with Crippen molar-refractivity contribution < 1.29 is 58.2 Å². The van der Waals surface area contributed by atoms with Crippen molar-refractivity contribution in [2.75, 3.05) is 13.2 Å². The monoisotopic (exact) mass is 1070 g/mol. The number of carbonyl (C=O) groups excluding carboxylic acids is 3. The number of esters is 3. The van der Waals surface area contributed by atoms with Gasteiger partial charge in [0.1, 0.15) is 18.8 Å². The minimum atomic E-state index is -1.94. The molecule has 0 amide bonds. The standard InChI is InChI=1S/C65H96O12/c1-4-7-10-13-16-19-22-25-28-29-32-33-36-39-42-45-48-51-57(66)73-54-56(75-58(67)52-49-46-43-40-37-34-30-26-23-20-17-14-11-8-5-2)55-74-65-63(61(70)60(69)62(77-65)64(71)72)76-59(68)53-50-47-44-41-38-35-31-27-24-21-18-15-12-9-6-3/h7-12,16-21,25-28,30-33,37-38,40-41,46,49,56,60-63,65,69-70H,4-6,13-15,22-24,29,34-36,39,42-45,47-48,50-55H2,1-3H3,(H,71,72)/b10-7-,11-8-,12-9-,19-16-,20-17-,21-18-,28-25-,30-26-,31-27-,33-32-,40-37-,41-38-,49-46-. The predicted molar refractivity (Wildman–Crippen MR) is 312 cm³/mol. The number of allylic oxidation sites excluding steroid dienone is 25. The Morgan fingerprint density at radius 2 is 0.818 bits per heavy atom. The van der Waals surface area contributed by atoms with Crippen LogP contribution in [-0.2, 0) is 42.9 Å². The van der Waals surface area contributed by atoms with Crippen molar-refractivity contribution in [2.24, 2.45) is 0 Å². The van der Waals surface area contributed by atoms with E-state index in [-0.39, 0.29) is 25.9 Å². The molecule has 0 aromatic rings. The third-order valence-electron chi connectivity index (χ3n) is 11.6. The molecule has 12 nitrogen and oxygen atoms in total. The largest absolute Gasteiger partial charge is 0.479 e. The van der Waals surface area contributed by atoms with Gasteiger partial charge in [0.05, 0.1) is 13.0 Å². The summed E-state index contributed by atoms with van der Waals surface area (Å²) in [5.41, 5.74) is 0. The Morgan fingerprint density at radius 1 is 0.442 bits per heavy atom. The summed E-state index contributed by atoms with van der Waals surface area (Å²) in [5.74, 6) is -3.41. The van der Waals surface area contributed by atoms with E-state index in [1.807, 2.05) is 24.3 Å². The second-order valence-corrected chi connectivity index (χ2v) is 18.4. The van der Waals surface area contributed by atoms with E-state index in [9.17, 15) is 34.5 Å². The number of unbranched alkanes of at least 4 members (excludes halogenated alkanes) is 6. The first-order valence-electron chi connectivity index (χ1n) is 28.5. The van der Waals surface area contributed by atoms with Crippen molar-refractivity contribution in [3.63, 3.8) is 0 Å². The number of carboxylic acid groups (broad SMARTS) is 1. The molecule has 6 unspecified atom stereocenters. The van der Waals surface area contributed by atoms with Gasteiger partial charge in [0.15, 0.2) is 24.6 Å². The van der Waals surface area contributed by atoms with Crippen molar-refractivity contribution >= 4 is 23.9 Å². The van der Waals surface area contributed by atoms with Gasteiger partial charge < -0.3 is 39.0 Å². The first-order chi connectivity index (χ1) is 37.6. The van der Waals surface area contributed by atoms with E-state index in [0.29, 0.717) is 25.7 Å². The van der Waals surface area contributed by atoms with Gasteiger partial charge in [0, 0.05) is 12.8 Å². The Bertz CT molecular complexity index is 1940. The average Bonchev–Trinajstić information content (AvgIpc) is 3.43. The van der Waals surface area contributed by atoms with Crippen molar-refractivity contribution in [2.45, 2.75) is 212 Å². The van der Waals surface area contributed by atoms with E-state index in [4.69, 9.17) is 23.7 Å². The van der Waals surface area contributed by atoms with Gasteiger partial charge in [-0.15, -0.1) is 0 Å². The number of hydrogen-bond donors (Lipinski definition) is 3. The molecule has 0 spiro atoms. The molecule has 0 aromatic heterocycles. The number of hydrogen-bond acceptors (Lipinski definition) is 11. The van der Waals surface area contributed by atoms with E-state index in [1.54, 1.807) is 6.08 Å². The second kappa shape index (κ2) is 51.1. The molecule has 0 bridgehead atoms. The minimum absolute atomic E-state index is 0.0147. The molecule has 1 fully saturated rings. The normalized spacial score (nSPS) is 19.2. The maximum atomic E-state index is 13.1. The second-order valence-electron chi connectivity index (χ2n) is 18.4. The molecule has 1 aliphatic rings. The lowest BCUT2D eigenvalue weighted by Gasteiger charge is -2.40. The number of carbonyl (C=O) groups is 4. The zero-order chi connectivity index (χ0) is 56.1.